The summed E-state index contributed by atoms with van der Waals surface area (Å²) < 4.78 is 67.1. The Morgan fingerprint density at radius 2 is 1.67 bits per heavy atom. The average Bonchev–Trinajstić information content (AvgIpc) is 3.07. The van der Waals surface area contributed by atoms with Gasteiger partial charge < -0.3 is 14.2 Å². The molecule has 0 aliphatic carbocycles. The van der Waals surface area contributed by atoms with E-state index in [-0.39, 0.29) is 5.65 Å². The number of rotatable bonds is 2. The Balaban J connectivity index is 1.57. The van der Waals surface area contributed by atoms with Crippen molar-refractivity contribution in [2.75, 3.05) is 36.0 Å². The lowest BCUT2D eigenvalue weighted by Crippen LogP contribution is -2.47. The van der Waals surface area contributed by atoms with Gasteiger partial charge in [-0.2, -0.15) is 13.2 Å². The Kier molecular flexibility index (Phi) is 4.12. The Morgan fingerprint density at radius 3 is 2.33 bits per heavy atom. The molecule has 0 amide bonds. The fourth-order valence-electron chi connectivity index (χ4n) is 3.16. The first-order chi connectivity index (χ1) is 12.8. The van der Waals surface area contributed by atoms with Crippen molar-refractivity contribution in [2.45, 2.75) is 6.18 Å². The number of anilines is 2. The molecule has 5 nitrogen and oxygen atoms in total. The van der Waals surface area contributed by atoms with E-state index in [0.29, 0.717) is 37.7 Å². The molecule has 3 heterocycles. The molecule has 0 N–H and O–H groups in total. The van der Waals surface area contributed by atoms with Gasteiger partial charge in [0.25, 0.3) is 0 Å². The minimum Gasteiger partial charge on any atom is -0.366 e. The molecule has 1 fully saturated rings. The lowest BCUT2D eigenvalue weighted by Gasteiger charge is -2.36. The van der Waals surface area contributed by atoms with Crippen LogP contribution in [0.4, 0.5) is 33.5 Å². The van der Waals surface area contributed by atoms with Crippen LogP contribution in [0, 0.1) is 11.6 Å². The summed E-state index contributed by atoms with van der Waals surface area (Å²) in [6.07, 6.45) is -0.797. The first kappa shape index (κ1) is 17.5. The molecule has 0 unspecified atom stereocenters. The highest BCUT2D eigenvalue weighted by molar-refractivity contribution is 5.65. The Morgan fingerprint density at radius 1 is 0.963 bits per heavy atom. The molecule has 142 valence electrons. The molecule has 4 rings (SSSR count). The molecule has 1 aliphatic heterocycles. The molecule has 0 spiro atoms. The first-order valence-corrected chi connectivity index (χ1v) is 8.19. The van der Waals surface area contributed by atoms with Crippen LogP contribution in [-0.4, -0.2) is 40.5 Å². The SMILES string of the molecule is Fc1ccc(N2CCN(c3nccn4cc(C(F)(F)F)nc34)CC2)c(F)c1. The summed E-state index contributed by atoms with van der Waals surface area (Å²) >= 11 is 0. The first-order valence-electron chi connectivity index (χ1n) is 8.19. The summed E-state index contributed by atoms with van der Waals surface area (Å²) in [5, 5.41) is 0. The number of nitrogens with zero attached hydrogens (tertiary/aromatic N) is 5. The van der Waals surface area contributed by atoms with E-state index in [0.717, 1.165) is 12.3 Å². The second-order valence-electron chi connectivity index (χ2n) is 6.18. The van der Waals surface area contributed by atoms with E-state index in [1.54, 1.807) is 9.80 Å². The maximum absolute atomic E-state index is 14.0. The number of hydrogen-bond donors (Lipinski definition) is 0. The third kappa shape index (κ3) is 3.26. The van der Waals surface area contributed by atoms with Gasteiger partial charge in [0.15, 0.2) is 17.2 Å². The van der Waals surface area contributed by atoms with Crippen molar-refractivity contribution in [3.8, 4) is 0 Å². The lowest BCUT2D eigenvalue weighted by atomic mass is 10.2. The summed E-state index contributed by atoms with van der Waals surface area (Å²) in [5.74, 6) is -0.954. The van der Waals surface area contributed by atoms with Gasteiger partial charge in [-0.1, -0.05) is 0 Å². The highest BCUT2D eigenvalue weighted by Gasteiger charge is 2.34. The van der Waals surface area contributed by atoms with E-state index in [9.17, 15) is 22.0 Å². The lowest BCUT2D eigenvalue weighted by molar-refractivity contribution is -0.140. The molecule has 0 radical (unpaired) electrons. The van der Waals surface area contributed by atoms with Crippen molar-refractivity contribution in [1.29, 1.82) is 0 Å². The molecule has 0 atom stereocenters. The highest BCUT2D eigenvalue weighted by Crippen LogP contribution is 2.30. The van der Waals surface area contributed by atoms with Gasteiger partial charge in [-0.3, -0.25) is 0 Å². The van der Waals surface area contributed by atoms with Crippen molar-refractivity contribution < 1.29 is 22.0 Å². The zero-order valence-corrected chi connectivity index (χ0v) is 13.9. The number of imidazole rings is 1. The number of fused-ring (bicyclic) bond motifs is 1. The third-order valence-electron chi connectivity index (χ3n) is 4.48. The average molecular weight is 383 g/mol. The van der Waals surface area contributed by atoms with E-state index >= 15 is 0 Å². The third-order valence-corrected chi connectivity index (χ3v) is 4.48. The molecule has 1 saturated heterocycles. The van der Waals surface area contributed by atoms with Gasteiger partial charge in [0.2, 0.25) is 0 Å². The number of halogens is 5. The predicted octanol–water partition coefficient (Wildman–Crippen LogP) is 3.35. The zero-order valence-electron chi connectivity index (χ0n) is 13.9. The molecule has 1 aliphatic rings. The van der Waals surface area contributed by atoms with Crippen LogP contribution in [0.2, 0.25) is 0 Å². The minimum atomic E-state index is -4.54. The largest absolute Gasteiger partial charge is 0.434 e. The van der Waals surface area contributed by atoms with Crippen molar-refractivity contribution >= 4 is 17.2 Å². The van der Waals surface area contributed by atoms with Crippen molar-refractivity contribution in [2.24, 2.45) is 0 Å². The van der Waals surface area contributed by atoms with Gasteiger partial charge in [-0.25, -0.2) is 18.7 Å². The highest BCUT2D eigenvalue weighted by atomic mass is 19.4. The van der Waals surface area contributed by atoms with Crippen LogP contribution >= 0.6 is 0 Å². The van der Waals surface area contributed by atoms with Crippen LogP contribution in [-0.2, 0) is 6.18 Å². The molecule has 3 aromatic rings. The summed E-state index contributed by atoms with van der Waals surface area (Å²) in [4.78, 5) is 11.4. The predicted molar refractivity (Wildman–Crippen MR) is 88.8 cm³/mol. The van der Waals surface area contributed by atoms with E-state index in [1.807, 2.05) is 0 Å². The second kappa shape index (κ2) is 6.36. The maximum atomic E-state index is 14.0. The molecule has 2 aromatic heterocycles. The van der Waals surface area contributed by atoms with E-state index in [1.165, 1.54) is 28.9 Å². The van der Waals surface area contributed by atoms with Crippen LogP contribution in [0.15, 0.2) is 36.8 Å². The van der Waals surface area contributed by atoms with Gasteiger partial charge in [0, 0.05) is 50.8 Å². The molecule has 0 bridgehead atoms. The van der Waals surface area contributed by atoms with Gasteiger partial charge >= 0.3 is 6.18 Å². The maximum Gasteiger partial charge on any atom is 0.434 e. The number of hydrogen-bond acceptors (Lipinski definition) is 4. The number of piperazine rings is 1. The van der Waals surface area contributed by atoms with Crippen molar-refractivity contribution in [3.05, 3.63) is 54.1 Å². The summed E-state index contributed by atoms with van der Waals surface area (Å²) in [6.45, 7) is 1.66. The van der Waals surface area contributed by atoms with E-state index in [2.05, 4.69) is 9.97 Å². The number of aromatic nitrogens is 3. The standard InChI is InChI=1S/C17H14F5N5/c18-11-1-2-13(12(19)9-11)25-5-7-26(8-6-25)15-16-24-14(17(20,21)22)10-27(16)4-3-23-15/h1-4,9-10H,5-8H2. The summed E-state index contributed by atoms with van der Waals surface area (Å²) in [5.41, 5.74) is -0.572. The van der Waals surface area contributed by atoms with Gasteiger partial charge in [-0.15, -0.1) is 0 Å². The molecule has 10 heteroatoms. The molecule has 1 aromatic carbocycles. The van der Waals surface area contributed by atoms with Crippen LogP contribution in [0.25, 0.3) is 5.65 Å². The smallest absolute Gasteiger partial charge is 0.366 e. The minimum absolute atomic E-state index is 0.117. The topological polar surface area (TPSA) is 36.7 Å². The summed E-state index contributed by atoms with van der Waals surface area (Å²) in [6, 6.07) is 3.40. The van der Waals surface area contributed by atoms with Gasteiger partial charge in [-0.05, 0) is 12.1 Å². The van der Waals surface area contributed by atoms with Crippen molar-refractivity contribution in [1.82, 2.24) is 14.4 Å². The second-order valence-corrected chi connectivity index (χ2v) is 6.18. The zero-order chi connectivity index (χ0) is 19.2. The van der Waals surface area contributed by atoms with E-state index in [4.69, 9.17) is 0 Å². The van der Waals surface area contributed by atoms with Crippen LogP contribution in [0.3, 0.4) is 0 Å². The van der Waals surface area contributed by atoms with Crippen LogP contribution in [0.5, 0.6) is 0 Å². The Hall–Kier alpha value is -2.91. The molecule has 27 heavy (non-hydrogen) atoms. The number of benzene rings is 1. The monoisotopic (exact) mass is 383 g/mol. The fourth-order valence-corrected chi connectivity index (χ4v) is 3.16. The molecule has 0 saturated carbocycles. The quantitative estimate of drug-likeness (QED) is 0.636. The van der Waals surface area contributed by atoms with Crippen molar-refractivity contribution in [3.63, 3.8) is 0 Å². The number of alkyl halides is 3. The normalized spacial score (nSPS) is 15.6. The molecular weight excluding hydrogens is 369 g/mol. The van der Waals surface area contributed by atoms with Gasteiger partial charge in [0.05, 0.1) is 5.69 Å². The van der Waals surface area contributed by atoms with E-state index < -0.39 is 23.5 Å². The molecular formula is C17H14F5N5. The van der Waals surface area contributed by atoms with Gasteiger partial charge in [0.1, 0.15) is 11.6 Å². The Bertz CT molecular complexity index is 975. The summed E-state index contributed by atoms with van der Waals surface area (Å²) in [7, 11) is 0. The fraction of sp³-hybridized carbons (Fsp3) is 0.294. The van der Waals surface area contributed by atoms with Crippen LogP contribution in [0.1, 0.15) is 5.69 Å². The van der Waals surface area contributed by atoms with Crippen LogP contribution < -0.4 is 9.80 Å². The Labute approximate surface area is 150 Å².